The third kappa shape index (κ3) is 4.42. The predicted molar refractivity (Wildman–Crippen MR) is 93.1 cm³/mol. The average Bonchev–Trinajstić information content (AvgIpc) is 3.10. The monoisotopic (exact) mass is 314 g/mol. The smallest absolute Gasteiger partial charge is 0.251 e. The van der Waals surface area contributed by atoms with Crippen molar-refractivity contribution in [3.63, 3.8) is 0 Å². The van der Waals surface area contributed by atoms with E-state index in [-0.39, 0.29) is 5.91 Å². The number of likely N-dealkylation sites (N-methyl/N-ethyl adjacent to an activating group) is 1. The lowest BCUT2D eigenvalue weighted by Crippen LogP contribution is -2.27. The summed E-state index contributed by atoms with van der Waals surface area (Å²) in [5.41, 5.74) is 2.88. The molecule has 1 heterocycles. The molecule has 0 fully saturated rings. The Bertz CT molecular complexity index is 618. The lowest BCUT2D eigenvalue weighted by Gasteiger charge is -2.19. The molecular weight excluding hydrogens is 288 g/mol. The van der Waals surface area contributed by atoms with Crippen LogP contribution in [0.4, 0.5) is 0 Å². The predicted octanol–water partition coefficient (Wildman–Crippen LogP) is 2.51. The first-order chi connectivity index (χ1) is 11.2. The summed E-state index contributed by atoms with van der Waals surface area (Å²) in [5.74, 6) is -0.000715. The number of hydrogen-bond donors (Lipinski definition) is 1. The SMILES string of the molecule is CCNC(=O)c1ccc(-n2ccnc2)cc1CCN(CC)CC. The molecule has 1 amide bonds. The molecule has 0 aliphatic rings. The molecule has 2 rings (SSSR count). The fourth-order valence-electron chi connectivity index (χ4n) is 2.66. The summed E-state index contributed by atoms with van der Waals surface area (Å²) in [4.78, 5) is 18.8. The fraction of sp³-hybridized carbons (Fsp3) is 0.444. The molecule has 0 aliphatic heterocycles. The van der Waals surface area contributed by atoms with Crippen LogP contribution in [0, 0.1) is 0 Å². The van der Waals surface area contributed by atoms with Gasteiger partial charge in [-0.25, -0.2) is 4.98 Å². The van der Waals surface area contributed by atoms with Crippen LogP contribution in [0.2, 0.25) is 0 Å². The second-order valence-electron chi connectivity index (χ2n) is 5.45. The number of rotatable bonds is 8. The average molecular weight is 314 g/mol. The van der Waals surface area contributed by atoms with Crippen molar-refractivity contribution in [1.82, 2.24) is 19.8 Å². The number of carbonyl (C=O) groups is 1. The number of benzene rings is 1. The van der Waals surface area contributed by atoms with E-state index in [1.54, 1.807) is 12.5 Å². The van der Waals surface area contributed by atoms with E-state index in [0.29, 0.717) is 6.54 Å². The Morgan fingerprint density at radius 3 is 2.65 bits per heavy atom. The number of aromatic nitrogens is 2. The minimum absolute atomic E-state index is 0.000715. The molecular formula is C18H26N4O. The fourth-order valence-corrected chi connectivity index (χ4v) is 2.66. The van der Waals surface area contributed by atoms with Gasteiger partial charge in [0.2, 0.25) is 0 Å². The van der Waals surface area contributed by atoms with E-state index in [4.69, 9.17) is 0 Å². The third-order valence-corrected chi connectivity index (χ3v) is 4.07. The summed E-state index contributed by atoms with van der Waals surface area (Å²) >= 11 is 0. The van der Waals surface area contributed by atoms with Gasteiger partial charge in [-0.15, -0.1) is 0 Å². The molecule has 0 atom stereocenters. The molecule has 0 bridgehead atoms. The van der Waals surface area contributed by atoms with Crippen molar-refractivity contribution in [1.29, 1.82) is 0 Å². The molecule has 0 radical (unpaired) electrons. The lowest BCUT2D eigenvalue weighted by molar-refractivity contribution is 0.0954. The number of imidazole rings is 1. The summed E-state index contributed by atoms with van der Waals surface area (Å²) in [6.45, 7) is 9.90. The Balaban J connectivity index is 2.28. The summed E-state index contributed by atoms with van der Waals surface area (Å²) in [5, 5.41) is 2.90. The van der Waals surface area contributed by atoms with Crippen LogP contribution in [0.1, 0.15) is 36.7 Å². The van der Waals surface area contributed by atoms with Gasteiger partial charge in [-0.3, -0.25) is 4.79 Å². The summed E-state index contributed by atoms with van der Waals surface area (Å²) < 4.78 is 1.96. The van der Waals surface area contributed by atoms with Crippen molar-refractivity contribution >= 4 is 5.91 Å². The van der Waals surface area contributed by atoms with E-state index in [9.17, 15) is 4.79 Å². The molecule has 1 aromatic heterocycles. The number of carbonyl (C=O) groups excluding carboxylic acids is 1. The van der Waals surface area contributed by atoms with Crippen molar-refractivity contribution < 1.29 is 4.79 Å². The number of hydrogen-bond acceptors (Lipinski definition) is 3. The maximum Gasteiger partial charge on any atom is 0.251 e. The Morgan fingerprint density at radius 2 is 2.04 bits per heavy atom. The van der Waals surface area contributed by atoms with E-state index in [2.05, 4.69) is 35.1 Å². The first-order valence-electron chi connectivity index (χ1n) is 8.31. The number of amides is 1. The van der Waals surface area contributed by atoms with Gasteiger partial charge in [-0.05, 0) is 50.2 Å². The molecule has 0 saturated carbocycles. The minimum atomic E-state index is -0.000715. The van der Waals surface area contributed by atoms with Crippen molar-refractivity contribution in [3.05, 3.63) is 48.0 Å². The van der Waals surface area contributed by atoms with Gasteiger partial charge in [-0.2, -0.15) is 0 Å². The van der Waals surface area contributed by atoms with Crippen molar-refractivity contribution in [2.24, 2.45) is 0 Å². The highest BCUT2D eigenvalue weighted by Crippen LogP contribution is 2.17. The largest absolute Gasteiger partial charge is 0.352 e. The quantitative estimate of drug-likeness (QED) is 0.814. The topological polar surface area (TPSA) is 50.2 Å². The molecule has 5 nitrogen and oxygen atoms in total. The van der Waals surface area contributed by atoms with Crippen molar-refractivity contribution in [3.8, 4) is 5.69 Å². The molecule has 0 aliphatic carbocycles. The number of nitrogens with one attached hydrogen (secondary N) is 1. The highest BCUT2D eigenvalue weighted by molar-refractivity contribution is 5.95. The van der Waals surface area contributed by atoms with Crippen LogP contribution >= 0.6 is 0 Å². The maximum absolute atomic E-state index is 12.3. The van der Waals surface area contributed by atoms with Crippen LogP contribution in [0.5, 0.6) is 0 Å². The van der Waals surface area contributed by atoms with Crippen LogP contribution in [-0.4, -0.2) is 46.5 Å². The van der Waals surface area contributed by atoms with Crippen LogP contribution in [0.3, 0.4) is 0 Å². The van der Waals surface area contributed by atoms with Gasteiger partial charge < -0.3 is 14.8 Å². The normalized spacial score (nSPS) is 11.0. The van der Waals surface area contributed by atoms with Crippen LogP contribution < -0.4 is 5.32 Å². The molecule has 0 spiro atoms. The molecule has 1 N–H and O–H groups in total. The molecule has 23 heavy (non-hydrogen) atoms. The Morgan fingerprint density at radius 1 is 1.26 bits per heavy atom. The standard InChI is InChI=1S/C18H26N4O/c1-4-20-18(23)17-8-7-16(22-12-10-19-14-22)13-15(17)9-11-21(5-2)6-3/h7-8,10,12-14H,4-6,9,11H2,1-3H3,(H,20,23). The minimum Gasteiger partial charge on any atom is -0.352 e. The number of nitrogens with zero attached hydrogens (tertiary/aromatic N) is 3. The van der Waals surface area contributed by atoms with Gasteiger partial charge in [0.1, 0.15) is 0 Å². The van der Waals surface area contributed by atoms with E-state index >= 15 is 0 Å². The Hall–Kier alpha value is -2.14. The molecule has 124 valence electrons. The van der Waals surface area contributed by atoms with E-state index in [0.717, 1.165) is 42.9 Å². The van der Waals surface area contributed by atoms with Crippen LogP contribution in [-0.2, 0) is 6.42 Å². The first-order valence-corrected chi connectivity index (χ1v) is 8.31. The Labute approximate surface area is 138 Å². The third-order valence-electron chi connectivity index (χ3n) is 4.07. The molecule has 1 aromatic carbocycles. The van der Waals surface area contributed by atoms with Crippen LogP contribution in [0.25, 0.3) is 5.69 Å². The Kier molecular flexibility index (Phi) is 6.35. The van der Waals surface area contributed by atoms with Crippen LogP contribution in [0.15, 0.2) is 36.9 Å². The second-order valence-corrected chi connectivity index (χ2v) is 5.45. The van der Waals surface area contributed by atoms with Crippen molar-refractivity contribution in [2.45, 2.75) is 27.2 Å². The molecule has 5 heteroatoms. The van der Waals surface area contributed by atoms with Gasteiger partial charge in [0.15, 0.2) is 0 Å². The highest BCUT2D eigenvalue weighted by Gasteiger charge is 2.13. The van der Waals surface area contributed by atoms with Crippen molar-refractivity contribution in [2.75, 3.05) is 26.2 Å². The maximum atomic E-state index is 12.3. The summed E-state index contributed by atoms with van der Waals surface area (Å²) in [6, 6.07) is 5.97. The zero-order valence-electron chi connectivity index (χ0n) is 14.2. The van der Waals surface area contributed by atoms with E-state index in [1.807, 2.05) is 29.8 Å². The van der Waals surface area contributed by atoms with Gasteiger partial charge in [0.25, 0.3) is 5.91 Å². The molecule has 0 unspecified atom stereocenters. The summed E-state index contributed by atoms with van der Waals surface area (Å²) in [7, 11) is 0. The first kappa shape index (κ1) is 17.2. The van der Waals surface area contributed by atoms with Gasteiger partial charge in [-0.1, -0.05) is 13.8 Å². The van der Waals surface area contributed by atoms with E-state index < -0.39 is 0 Å². The highest BCUT2D eigenvalue weighted by atomic mass is 16.1. The zero-order valence-corrected chi connectivity index (χ0v) is 14.2. The van der Waals surface area contributed by atoms with Gasteiger partial charge in [0, 0.05) is 36.7 Å². The lowest BCUT2D eigenvalue weighted by atomic mass is 10.0. The van der Waals surface area contributed by atoms with Gasteiger partial charge in [0.05, 0.1) is 6.33 Å². The molecule has 2 aromatic rings. The summed E-state index contributed by atoms with van der Waals surface area (Å²) in [6.07, 6.45) is 6.30. The van der Waals surface area contributed by atoms with Gasteiger partial charge >= 0.3 is 0 Å². The zero-order chi connectivity index (χ0) is 16.7. The second kappa shape index (κ2) is 8.48. The van der Waals surface area contributed by atoms with E-state index in [1.165, 1.54) is 0 Å². The molecule has 0 saturated heterocycles.